The number of amides is 1. The quantitative estimate of drug-likeness (QED) is 0.330. The standard InChI is InChI=1S/C19H18N2O5/c1-20(2)19(23)13-26-16-8-5-7-15(12-16)18(22)11-10-14-6-3-4-9-17(14)21(24)25/h3-12H,13H2,1-2H3/b11-10+. The molecule has 0 aromatic heterocycles. The first-order valence-corrected chi connectivity index (χ1v) is 7.77. The van der Waals surface area contributed by atoms with Crippen molar-refractivity contribution in [3.63, 3.8) is 0 Å². The van der Waals surface area contributed by atoms with Gasteiger partial charge in [0.15, 0.2) is 12.4 Å². The van der Waals surface area contributed by atoms with Crippen LogP contribution >= 0.6 is 0 Å². The van der Waals surface area contributed by atoms with Crippen LogP contribution in [-0.4, -0.2) is 42.2 Å². The molecule has 0 unspecified atom stereocenters. The number of nitrogens with zero attached hydrogens (tertiary/aromatic N) is 2. The molecule has 0 radical (unpaired) electrons. The first-order valence-electron chi connectivity index (χ1n) is 7.77. The third kappa shape index (κ3) is 5.01. The molecule has 0 fully saturated rings. The highest BCUT2D eigenvalue weighted by Gasteiger charge is 2.11. The average molecular weight is 354 g/mol. The summed E-state index contributed by atoms with van der Waals surface area (Å²) in [5.74, 6) is -0.129. The van der Waals surface area contributed by atoms with Crippen molar-refractivity contribution in [2.24, 2.45) is 0 Å². The minimum absolute atomic E-state index is 0.0733. The van der Waals surface area contributed by atoms with E-state index in [2.05, 4.69) is 0 Å². The average Bonchev–Trinajstić information content (AvgIpc) is 2.64. The first kappa shape index (κ1) is 18.9. The largest absolute Gasteiger partial charge is 0.484 e. The van der Waals surface area contributed by atoms with Crippen LogP contribution in [0.1, 0.15) is 15.9 Å². The van der Waals surface area contributed by atoms with Gasteiger partial charge in [-0.1, -0.05) is 24.3 Å². The highest BCUT2D eigenvalue weighted by Crippen LogP contribution is 2.20. The van der Waals surface area contributed by atoms with Crippen molar-refractivity contribution in [1.29, 1.82) is 0 Å². The van der Waals surface area contributed by atoms with E-state index in [0.717, 1.165) is 0 Å². The molecule has 1 amide bonds. The van der Waals surface area contributed by atoms with Gasteiger partial charge in [-0.05, 0) is 30.4 Å². The number of nitro benzene ring substituents is 1. The van der Waals surface area contributed by atoms with Gasteiger partial charge in [0.25, 0.3) is 11.6 Å². The predicted octanol–water partition coefficient (Wildman–Crippen LogP) is 2.96. The molecule has 2 aromatic rings. The van der Waals surface area contributed by atoms with Gasteiger partial charge in [-0.2, -0.15) is 0 Å². The maximum absolute atomic E-state index is 12.3. The summed E-state index contributed by atoms with van der Waals surface area (Å²) in [7, 11) is 3.25. The minimum Gasteiger partial charge on any atom is -0.484 e. The highest BCUT2D eigenvalue weighted by atomic mass is 16.6. The topological polar surface area (TPSA) is 89.8 Å². The molecule has 0 aliphatic heterocycles. The number of benzene rings is 2. The fourth-order valence-electron chi connectivity index (χ4n) is 2.07. The second kappa shape index (κ2) is 8.57. The van der Waals surface area contributed by atoms with Crippen LogP contribution in [0.2, 0.25) is 0 Å². The third-order valence-corrected chi connectivity index (χ3v) is 3.53. The predicted molar refractivity (Wildman–Crippen MR) is 97.1 cm³/mol. The van der Waals surface area contributed by atoms with Gasteiger partial charge in [-0.3, -0.25) is 19.7 Å². The number of ether oxygens (including phenoxy) is 1. The van der Waals surface area contributed by atoms with E-state index in [-0.39, 0.29) is 24.0 Å². The zero-order chi connectivity index (χ0) is 19.1. The smallest absolute Gasteiger partial charge is 0.276 e. The van der Waals surface area contributed by atoms with E-state index in [0.29, 0.717) is 16.9 Å². The SMILES string of the molecule is CN(C)C(=O)COc1cccc(C(=O)/C=C/c2ccccc2[N+](=O)[O-])c1. The first-order chi connectivity index (χ1) is 12.4. The Bertz CT molecular complexity index is 859. The van der Waals surface area contributed by atoms with Crippen molar-refractivity contribution in [3.8, 4) is 5.75 Å². The molecule has 0 saturated heterocycles. The summed E-state index contributed by atoms with van der Waals surface area (Å²) in [6, 6.07) is 12.6. The summed E-state index contributed by atoms with van der Waals surface area (Å²) in [6.45, 7) is -0.128. The van der Waals surface area contributed by atoms with E-state index in [1.54, 1.807) is 50.5 Å². The lowest BCUT2D eigenvalue weighted by Gasteiger charge is -2.11. The molecule has 0 aliphatic rings. The van der Waals surface area contributed by atoms with Gasteiger partial charge in [-0.15, -0.1) is 0 Å². The molecule has 0 atom stereocenters. The monoisotopic (exact) mass is 354 g/mol. The molecule has 0 N–H and O–H groups in total. The Kier molecular flexibility index (Phi) is 6.21. The zero-order valence-corrected chi connectivity index (χ0v) is 14.4. The third-order valence-electron chi connectivity index (χ3n) is 3.53. The van der Waals surface area contributed by atoms with Gasteiger partial charge in [0.05, 0.1) is 10.5 Å². The van der Waals surface area contributed by atoms with Crippen molar-refractivity contribution in [1.82, 2.24) is 4.90 Å². The van der Waals surface area contributed by atoms with Crippen LogP contribution in [-0.2, 0) is 4.79 Å². The molecule has 0 heterocycles. The Morgan fingerprint density at radius 1 is 1.15 bits per heavy atom. The zero-order valence-electron chi connectivity index (χ0n) is 14.4. The maximum atomic E-state index is 12.3. The number of ketones is 1. The van der Waals surface area contributed by atoms with E-state index in [4.69, 9.17) is 4.74 Å². The molecule has 0 saturated carbocycles. The second-order valence-corrected chi connectivity index (χ2v) is 5.62. The number of nitro groups is 1. The van der Waals surface area contributed by atoms with Crippen LogP contribution in [0.5, 0.6) is 5.75 Å². The van der Waals surface area contributed by atoms with Gasteiger partial charge in [0.2, 0.25) is 0 Å². The van der Waals surface area contributed by atoms with E-state index >= 15 is 0 Å². The van der Waals surface area contributed by atoms with Gasteiger partial charge < -0.3 is 9.64 Å². The lowest BCUT2D eigenvalue weighted by Crippen LogP contribution is -2.27. The highest BCUT2D eigenvalue weighted by molar-refractivity contribution is 6.07. The number of hydrogen-bond acceptors (Lipinski definition) is 5. The molecule has 2 rings (SSSR count). The van der Waals surface area contributed by atoms with Crippen LogP contribution in [0.4, 0.5) is 5.69 Å². The molecule has 7 nitrogen and oxygen atoms in total. The maximum Gasteiger partial charge on any atom is 0.276 e. The Morgan fingerprint density at radius 3 is 2.58 bits per heavy atom. The van der Waals surface area contributed by atoms with E-state index in [1.165, 1.54) is 29.2 Å². The lowest BCUT2D eigenvalue weighted by atomic mass is 10.1. The summed E-state index contributed by atoms with van der Waals surface area (Å²) in [5.41, 5.74) is 0.625. The number of likely N-dealkylation sites (N-methyl/N-ethyl adjacent to an activating group) is 1. The van der Waals surface area contributed by atoms with Crippen molar-refractivity contribution in [3.05, 3.63) is 75.8 Å². The molecule has 2 aromatic carbocycles. The number of carbonyl (C=O) groups is 2. The van der Waals surface area contributed by atoms with Crippen molar-refractivity contribution >= 4 is 23.5 Å². The van der Waals surface area contributed by atoms with E-state index in [1.807, 2.05) is 0 Å². The summed E-state index contributed by atoms with van der Waals surface area (Å²) >= 11 is 0. The minimum atomic E-state index is -0.500. The van der Waals surface area contributed by atoms with Gasteiger partial charge >= 0.3 is 0 Å². The molecule has 7 heteroatoms. The number of hydrogen-bond donors (Lipinski definition) is 0. The Morgan fingerprint density at radius 2 is 1.88 bits per heavy atom. The summed E-state index contributed by atoms with van der Waals surface area (Å²) in [4.78, 5) is 35.8. The van der Waals surface area contributed by atoms with Crippen LogP contribution in [0, 0.1) is 10.1 Å². The molecular weight excluding hydrogens is 336 g/mol. The molecular formula is C19H18N2O5. The molecule has 134 valence electrons. The van der Waals surface area contributed by atoms with Crippen LogP contribution < -0.4 is 4.74 Å². The summed E-state index contributed by atoms with van der Waals surface area (Å²) in [6.07, 6.45) is 2.68. The van der Waals surface area contributed by atoms with Crippen molar-refractivity contribution < 1.29 is 19.2 Å². The number of rotatable bonds is 7. The fourth-order valence-corrected chi connectivity index (χ4v) is 2.07. The van der Waals surface area contributed by atoms with E-state index < -0.39 is 4.92 Å². The molecule has 0 bridgehead atoms. The van der Waals surface area contributed by atoms with E-state index in [9.17, 15) is 19.7 Å². The van der Waals surface area contributed by atoms with Gasteiger partial charge in [0.1, 0.15) is 5.75 Å². The fraction of sp³-hybridized carbons (Fsp3) is 0.158. The van der Waals surface area contributed by atoms with Crippen LogP contribution in [0.15, 0.2) is 54.6 Å². The summed E-state index contributed by atoms with van der Waals surface area (Å²) < 4.78 is 5.38. The van der Waals surface area contributed by atoms with Crippen molar-refractivity contribution in [2.75, 3.05) is 20.7 Å². The van der Waals surface area contributed by atoms with Crippen LogP contribution in [0.3, 0.4) is 0 Å². The number of para-hydroxylation sites is 1. The van der Waals surface area contributed by atoms with Gasteiger partial charge in [-0.25, -0.2) is 0 Å². The number of carbonyl (C=O) groups excluding carboxylic acids is 2. The van der Waals surface area contributed by atoms with Crippen LogP contribution in [0.25, 0.3) is 6.08 Å². The van der Waals surface area contributed by atoms with Crippen molar-refractivity contribution in [2.45, 2.75) is 0 Å². The summed E-state index contributed by atoms with van der Waals surface area (Å²) in [5, 5.41) is 11.0. The van der Waals surface area contributed by atoms with Gasteiger partial charge in [0, 0.05) is 25.7 Å². The Labute approximate surface area is 150 Å². The molecule has 0 aliphatic carbocycles. The normalized spacial score (nSPS) is 10.5. The molecule has 26 heavy (non-hydrogen) atoms. The lowest BCUT2D eigenvalue weighted by molar-refractivity contribution is -0.385. The Balaban J connectivity index is 2.12. The number of allylic oxidation sites excluding steroid dienone is 1. The molecule has 0 spiro atoms. The second-order valence-electron chi connectivity index (χ2n) is 5.62. The Hall–Kier alpha value is -3.48.